The van der Waals surface area contributed by atoms with Gasteiger partial charge >= 0.3 is 0 Å². The highest BCUT2D eigenvalue weighted by atomic mass is 35.5. The van der Waals surface area contributed by atoms with E-state index in [1.165, 1.54) is 0 Å². The molecule has 0 bridgehead atoms. The molecular weight excluding hydrogens is 352 g/mol. The van der Waals surface area contributed by atoms with Crippen molar-refractivity contribution in [3.63, 3.8) is 0 Å². The molecule has 1 amide bonds. The third-order valence-corrected chi connectivity index (χ3v) is 5.25. The van der Waals surface area contributed by atoms with Gasteiger partial charge in [0.25, 0.3) is 5.91 Å². The number of aromatic nitrogens is 1. The minimum atomic E-state index is -0.320. The van der Waals surface area contributed by atoms with Crippen LogP contribution in [0, 0.1) is 0 Å². The molecule has 6 heteroatoms. The third kappa shape index (κ3) is 3.69. The second-order valence-electron chi connectivity index (χ2n) is 6.94. The number of benzene rings is 1. The first-order valence-electron chi connectivity index (χ1n) is 8.90. The SMILES string of the molecule is O=C(c1ccccn1)N1CCC[C@@]2(C[C@@H](Oc3ccc(Cl)cc3)CO2)C1. The van der Waals surface area contributed by atoms with Gasteiger partial charge in [-0.15, -0.1) is 0 Å². The van der Waals surface area contributed by atoms with E-state index in [9.17, 15) is 4.79 Å². The summed E-state index contributed by atoms with van der Waals surface area (Å²) in [7, 11) is 0. The van der Waals surface area contributed by atoms with Crippen LogP contribution < -0.4 is 4.74 Å². The lowest BCUT2D eigenvalue weighted by Gasteiger charge is -2.39. The Bertz CT molecular complexity index is 768. The number of halogens is 1. The summed E-state index contributed by atoms with van der Waals surface area (Å²) in [5.41, 5.74) is 0.163. The van der Waals surface area contributed by atoms with Crippen LogP contribution in [0.2, 0.25) is 5.02 Å². The van der Waals surface area contributed by atoms with E-state index in [0.717, 1.165) is 31.6 Å². The Morgan fingerprint density at radius 2 is 2.12 bits per heavy atom. The van der Waals surface area contributed by atoms with Crippen molar-refractivity contribution in [2.45, 2.75) is 31.0 Å². The van der Waals surface area contributed by atoms with Crippen LogP contribution in [-0.2, 0) is 4.74 Å². The van der Waals surface area contributed by atoms with Gasteiger partial charge in [-0.1, -0.05) is 17.7 Å². The largest absolute Gasteiger partial charge is 0.488 e. The standard InChI is InChI=1S/C20H21ClN2O3/c21-15-5-7-16(8-6-15)26-17-12-20(25-13-17)9-3-11-23(14-20)19(24)18-4-1-2-10-22-18/h1-2,4-8,10,17H,3,9,11-14H2/t17-,20-/m1/s1. The van der Waals surface area contributed by atoms with Gasteiger partial charge in [-0.05, 0) is 49.2 Å². The van der Waals surface area contributed by atoms with Crippen LogP contribution >= 0.6 is 11.6 Å². The van der Waals surface area contributed by atoms with Crippen molar-refractivity contribution >= 4 is 17.5 Å². The Labute approximate surface area is 157 Å². The Balaban J connectivity index is 1.41. The number of ether oxygens (including phenoxy) is 2. The summed E-state index contributed by atoms with van der Waals surface area (Å²) >= 11 is 5.92. The molecule has 0 saturated carbocycles. The van der Waals surface area contributed by atoms with Crippen LogP contribution in [0.3, 0.4) is 0 Å². The quantitative estimate of drug-likeness (QED) is 0.826. The number of piperidine rings is 1. The normalized spacial score (nSPS) is 25.4. The first kappa shape index (κ1) is 17.3. The number of amides is 1. The van der Waals surface area contributed by atoms with Gasteiger partial charge in [-0.3, -0.25) is 9.78 Å². The van der Waals surface area contributed by atoms with Gasteiger partial charge in [0, 0.05) is 24.2 Å². The number of hydrogen-bond donors (Lipinski definition) is 0. The van der Waals surface area contributed by atoms with E-state index in [2.05, 4.69) is 4.98 Å². The van der Waals surface area contributed by atoms with Crippen molar-refractivity contribution in [1.29, 1.82) is 0 Å². The van der Waals surface area contributed by atoms with Gasteiger partial charge in [0.2, 0.25) is 0 Å². The molecule has 1 aromatic heterocycles. The van der Waals surface area contributed by atoms with E-state index in [1.54, 1.807) is 12.3 Å². The zero-order valence-electron chi connectivity index (χ0n) is 14.4. The molecule has 1 spiro atoms. The topological polar surface area (TPSA) is 51.7 Å². The highest BCUT2D eigenvalue weighted by Gasteiger charge is 2.45. The molecule has 0 radical (unpaired) electrons. The number of carbonyl (C=O) groups excluding carboxylic acids is 1. The molecule has 3 heterocycles. The van der Waals surface area contributed by atoms with E-state index in [0.29, 0.717) is 23.9 Å². The molecular formula is C20H21ClN2O3. The van der Waals surface area contributed by atoms with Crippen molar-refractivity contribution in [1.82, 2.24) is 9.88 Å². The summed E-state index contributed by atoms with van der Waals surface area (Å²) in [4.78, 5) is 18.7. The first-order valence-corrected chi connectivity index (χ1v) is 9.28. The van der Waals surface area contributed by atoms with Crippen LogP contribution in [0.15, 0.2) is 48.7 Å². The summed E-state index contributed by atoms with van der Waals surface area (Å²) in [5, 5.41) is 0.687. The summed E-state index contributed by atoms with van der Waals surface area (Å²) in [6, 6.07) is 12.8. The van der Waals surface area contributed by atoms with E-state index in [-0.39, 0.29) is 17.6 Å². The molecule has 2 fully saturated rings. The summed E-state index contributed by atoms with van der Waals surface area (Å²) in [5.74, 6) is 0.757. The van der Waals surface area contributed by atoms with Crippen molar-refractivity contribution in [3.8, 4) is 5.75 Å². The maximum Gasteiger partial charge on any atom is 0.272 e. The maximum absolute atomic E-state index is 12.7. The first-order chi connectivity index (χ1) is 12.6. The molecule has 26 heavy (non-hydrogen) atoms. The maximum atomic E-state index is 12.7. The number of likely N-dealkylation sites (tertiary alicyclic amines) is 1. The predicted molar refractivity (Wildman–Crippen MR) is 98.5 cm³/mol. The number of hydrogen-bond acceptors (Lipinski definition) is 4. The van der Waals surface area contributed by atoms with Gasteiger partial charge in [0.1, 0.15) is 17.5 Å². The molecule has 136 valence electrons. The van der Waals surface area contributed by atoms with Crippen LogP contribution in [0.1, 0.15) is 29.8 Å². The summed E-state index contributed by atoms with van der Waals surface area (Å²) in [6.07, 6.45) is 4.28. The predicted octanol–water partition coefficient (Wildman–Crippen LogP) is 3.58. The average molecular weight is 373 g/mol. The molecule has 0 N–H and O–H groups in total. The number of nitrogens with zero attached hydrogens (tertiary/aromatic N) is 2. The van der Waals surface area contributed by atoms with Crippen molar-refractivity contribution in [2.75, 3.05) is 19.7 Å². The number of rotatable bonds is 3. The Morgan fingerprint density at radius 3 is 2.88 bits per heavy atom. The van der Waals surface area contributed by atoms with Crippen molar-refractivity contribution in [3.05, 3.63) is 59.4 Å². The van der Waals surface area contributed by atoms with Gasteiger partial charge in [0.15, 0.2) is 0 Å². The zero-order chi connectivity index (χ0) is 18.0. The lowest BCUT2D eigenvalue weighted by Crippen LogP contribution is -2.50. The van der Waals surface area contributed by atoms with Crippen LogP contribution in [0.5, 0.6) is 5.75 Å². The van der Waals surface area contributed by atoms with Gasteiger partial charge in [-0.2, -0.15) is 0 Å². The highest BCUT2D eigenvalue weighted by Crippen LogP contribution is 2.36. The number of carbonyl (C=O) groups is 1. The fraction of sp³-hybridized carbons (Fsp3) is 0.400. The summed E-state index contributed by atoms with van der Waals surface area (Å²) < 4.78 is 12.2. The molecule has 1 aromatic carbocycles. The highest BCUT2D eigenvalue weighted by molar-refractivity contribution is 6.30. The lowest BCUT2D eigenvalue weighted by atomic mass is 9.89. The second-order valence-corrected chi connectivity index (χ2v) is 7.37. The van der Waals surface area contributed by atoms with E-state index < -0.39 is 0 Å². The molecule has 2 aliphatic rings. The Hall–Kier alpha value is -2.11. The minimum Gasteiger partial charge on any atom is -0.488 e. The molecule has 2 atom stereocenters. The smallest absolute Gasteiger partial charge is 0.272 e. The summed E-state index contributed by atoms with van der Waals surface area (Å²) in [6.45, 7) is 1.86. The zero-order valence-corrected chi connectivity index (χ0v) is 15.2. The fourth-order valence-corrected chi connectivity index (χ4v) is 3.92. The monoisotopic (exact) mass is 372 g/mol. The van der Waals surface area contributed by atoms with Gasteiger partial charge in [0.05, 0.1) is 18.8 Å². The van der Waals surface area contributed by atoms with Gasteiger partial charge in [-0.25, -0.2) is 0 Å². The molecule has 2 aliphatic heterocycles. The average Bonchev–Trinajstić information content (AvgIpc) is 3.05. The van der Waals surface area contributed by atoms with E-state index >= 15 is 0 Å². The molecule has 0 aliphatic carbocycles. The molecule has 2 aromatic rings. The molecule has 0 unspecified atom stereocenters. The van der Waals surface area contributed by atoms with E-state index in [1.807, 2.05) is 41.3 Å². The van der Waals surface area contributed by atoms with Crippen LogP contribution in [0.25, 0.3) is 0 Å². The molecule has 2 saturated heterocycles. The second kappa shape index (κ2) is 7.25. The van der Waals surface area contributed by atoms with Crippen molar-refractivity contribution < 1.29 is 14.3 Å². The van der Waals surface area contributed by atoms with Crippen LogP contribution in [-0.4, -0.2) is 47.2 Å². The Morgan fingerprint density at radius 1 is 1.27 bits per heavy atom. The van der Waals surface area contributed by atoms with Crippen molar-refractivity contribution in [2.24, 2.45) is 0 Å². The molecule has 4 rings (SSSR count). The molecule has 5 nitrogen and oxygen atoms in total. The fourth-order valence-electron chi connectivity index (χ4n) is 3.79. The Kier molecular flexibility index (Phi) is 4.83. The van der Waals surface area contributed by atoms with Crippen LogP contribution in [0.4, 0.5) is 0 Å². The van der Waals surface area contributed by atoms with E-state index in [4.69, 9.17) is 21.1 Å². The minimum absolute atomic E-state index is 0.0129. The lowest BCUT2D eigenvalue weighted by molar-refractivity contribution is -0.0454. The number of pyridine rings is 1. The van der Waals surface area contributed by atoms with Gasteiger partial charge < -0.3 is 14.4 Å². The third-order valence-electron chi connectivity index (χ3n) is 5.00.